The monoisotopic (exact) mass is 570 g/mol. The Labute approximate surface area is 240 Å². The van der Waals surface area contributed by atoms with Crippen molar-refractivity contribution in [2.75, 3.05) is 39.3 Å². The number of aryl methyl sites for hydroxylation is 1. The van der Waals surface area contributed by atoms with Gasteiger partial charge in [0.15, 0.2) is 0 Å². The lowest BCUT2D eigenvalue weighted by atomic mass is 9.85. The van der Waals surface area contributed by atoms with Crippen LogP contribution in [-0.4, -0.2) is 95.1 Å². The predicted molar refractivity (Wildman–Crippen MR) is 156 cm³/mol. The first-order chi connectivity index (χ1) is 18.9. The number of amides is 3. The highest BCUT2D eigenvalue weighted by molar-refractivity contribution is 7.13. The number of aliphatic hydroxyl groups is 1. The highest BCUT2D eigenvalue weighted by Crippen LogP contribution is 2.29. The average Bonchev–Trinajstić information content (AvgIpc) is 3.52. The molecule has 4 atom stereocenters. The van der Waals surface area contributed by atoms with Crippen molar-refractivity contribution in [3.05, 3.63) is 41.0 Å². The van der Waals surface area contributed by atoms with Gasteiger partial charge in [-0.1, -0.05) is 45.0 Å². The molecule has 40 heavy (non-hydrogen) atoms. The zero-order valence-electron chi connectivity index (χ0n) is 24.1. The summed E-state index contributed by atoms with van der Waals surface area (Å²) in [5, 5.41) is 19.7. The Kier molecular flexibility index (Phi) is 9.60. The molecule has 0 radical (unpaired) electrons. The first kappa shape index (κ1) is 30.1. The third-order valence-electron chi connectivity index (χ3n) is 7.64. The molecule has 3 heterocycles. The largest absolute Gasteiger partial charge is 0.391 e. The van der Waals surface area contributed by atoms with Crippen molar-refractivity contribution in [1.82, 2.24) is 30.7 Å². The normalized spacial score (nSPS) is 21.6. The summed E-state index contributed by atoms with van der Waals surface area (Å²) in [6, 6.07) is 6.05. The Balaban J connectivity index is 1.42. The Morgan fingerprint density at radius 3 is 2.42 bits per heavy atom. The molecule has 2 unspecified atom stereocenters. The summed E-state index contributed by atoms with van der Waals surface area (Å²) in [7, 11) is 0. The fourth-order valence-corrected chi connectivity index (χ4v) is 6.11. The van der Waals surface area contributed by atoms with Crippen LogP contribution in [0.2, 0.25) is 0 Å². The number of rotatable bonds is 8. The van der Waals surface area contributed by atoms with E-state index in [2.05, 4.69) is 25.8 Å². The Morgan fingerprint density at radius 2 is 1.82 bits per heavy atom. The number of aliphatic hydroxyl groups excluding tert-OH is 1. The molecule has 11 heteroatoms. The molecular weight excluding hydrogens is 528 g/mol. The molecule has 0 aliphatic carbocycles. The summed E-state index contributed by atoms with van der Waals surface area (Å²) in [5.41, 5.74) is 4.23. The van der Waals surface area contributed by atoms with E-state index in [9.17, 15) is 19.5 Å². The highest BCUT2D eigenvalue weighted by Gasteiger charge is 2.44. The van der Waals surface area contributed by atoms with Crippen molar-refractivity contribution in [3.8, 4) is 10.4 Å². The van der Waals surface area contributed by atoms with Crippen molar-refractivity contribution in [2.24, 2.45) is 5.41 Å². The highest BCUT2D eigenvalue weighted by atomic mass is 32.1. The third kappa shape index (κ3) is 7.25. The van der Waals surface area contributed by atoms with Gasteiger partial charge in [0.25, 0.3) is 0 Å². The summed E-state index contributed by atoms with van der Waals surface area (Å²) in [6.07, 6.45) is -0.659. The van der Waals surface area contributed by atoms with Crippen LogP contribution in [0, 0.1) is 12.3 Å². The van der Waals surface area contributed by atoms with E-state index in [0.29, 0.717) is 0 Å². The van der Waals surface area contributed by atoms with E-state index in [1.165, 1.54) is 4.90 Å². The van der Waals surface area contributed by atoms with Gasteiger partial charge in [-0.25, -0.2) is 4.98 Å². The fraction of sp³-hybridized carbons (Fsp3) is 0.586. The number of hydrogen-bond donors (Lipinski definition) is 4. The van der Waals surface area contributed by atoms with E-state index in [0.717, 1.165) is 47.9 Å². The molecule has 10 nitrogen and oxygen atoms in total. The quantitative estimate of drug-likeness (QED) is 0.381. The molecule has 2 aliphatic rings. The van der Waals surface area contributed by atoms with Gasteiger partial charge in [0, 0.05) is 39.1 Å². The Bertz CT molecular complexity index is 1190. The third-order valence-corrected chi connectivity index (χ3v) is 8.61. The van der Waals surface area contributed by atoms with Crippen LogP contribution < -0.4 is 16.0 Å². The molecular formula is C29H42N6O4S. The molecule has 218 valence electrons. The van der Waals surface area contributed by atoms with E-state index in [-0.39, 0.29) is 43.3 Å². The maximum absolute atomic E-state index is 13.8. The van der Waals surface area contributed by atoms with Crippen LogP contribution in [0.1, 0.15) is 51.4 Å². The molecule has 0 bridgehead atoms. The van der Waals surface area contributed by atoms with Gasteiger partial charge in [0.05, 0.1) is 34.8 Å². The van der Waals surface area contributed by atoms with Gasteiger partial charge >= 0.3 is 0 Å². The topological polar surface area (TPSA) is 127 Å². The zero-order valence-corrected chi connectivity index (χ0v) is 24.9. The van der Waals surface area contributed by atoms with Crippen LogP contribution in [0.4, 0.5) is 0 Å². The summed E-state index contributed by atoms with van der Waals surface area (Å²) in [4.78, 5) is 49.1. The number of thiazole rings is 1. The van der Waals surface area contributed by atoms with Crippen molar-refractivity contribution in [2.45, 2.75) is 65.3 Å². The number of carbonyl (C=O) groups excluding carboxylic acids is 3. The van der Waals surface area contributed by atoms with E-state index >= 15 is 0 Å². The minimum absolute atomic E-state index is 0.0500. The smallest absolute Gasteiger partial charge is 0.246 e. The average molecular weight is 571 g/mol. The minimum atomic E-state index is -0.830. The number of benzene rings is 1. The predicted octanol–water partition coefficient (Wildman–Crippen LogP) is 1.69. The molecule has 4 N–H and O–H groups in total. The standard InChI is InChI=1S/C29H42N6O4S/c1-18(20-6-8-21(9-7-20)25-19(2)31-17-40-25)32-27(38)23-14-22(36)15-35(23)28(39)26(29(3,4)5)33-24(37)16-34-12-10-30-11-13-34/h6-9,17-18,22-23,26,30,36H,10-16H2,1-5H3,(H,32,38)(H,33,37)/t18?,22-,23+,26?/m1/s1. The summed E-state index contributed by atoms with van der Waals surface area (Å²) >= 11 is 1.59. The lowest BCUT2D eigenvalue weighted by molar-refractivity contribution is -0.144. The van der Waals surface area contributed by atoms with Crippen LogP contribution in [0.15, 0.2) is 29.8 Å². The molecule has 0 saturated carbocycles. The van der Waals surface area contributed by atoms with Gasteiger partial charge in [-0.05, 0) is 30.4 Å². The minimum Gasteiger partial charge on any atom is -0.391 e. The zero-order chi connectivity index (χ0) is 29.0. The number of nitrogens with zero attached hydrogens (tertiary/aromatic N) is 3. The SMILES string of the molecule is Cc1ncsc1-c1ccc(C(C)NC(=O)[C@@H]2C[C@@H](O)CN2C(=O)C(NC(=O)CN2CCNCC2)C(C)(C)C)cc1. The lowest BCUT2D eigenvalue weighted by Crippen LogP contribution is -2.59. The number of nitrogens with one attached hydrogen (secondary N) is 3. The number of carbonyl (C=O) groups is 3. The summed E-state index contributed by atoms with van der Waals surface area (Å²) in [6.45, 7) is 13.0. The fourth-order valence-electron chi connectivity index (χ4n) is 5.29. The summed E-state index contributed by atoms with van der Waals surface area (Å²) < 4.78 is 0. The van der Waals surface area contributed by atoms with Crippen LogP contribution in [0.5, 0.6) is 0 Å². The molecule has 2 aliphatic heterocycles. The van der Waals surface area contributed by atoms with Crippen molar-refractivity contribution in [3.63, 3.8) is 0 Å². The van der Waals surface area contributed by atoms with Gasteiger partial charge in [0.1, 0.15) is 12.1 Å². The van der Waals surface area contributed by atoms with Crippen LogP contribution >= 0.6 is 11.3 Å². The van der Waals surface area contributed by atoms with Crippen LogP contribution in [-0.2, 0) is 14.4 Å². The van der Waals surface area contributed by atoms with Gasteiger partial charge < -0.3 is 26.0 Å². The van der Waals surface area contributed by atoms with Gasteiger partial charge in [-0.3, -0.25) is 19.3 Å². The number of hydrogen-bond acceptors (Lipinski definition) is 8. The molecule has 3 amide bonds. The maximum Gasteiger partial charge on any atom is 0.246 e. The molecule has 2 saturated heterocycles. The second-order valence-electron chi connectivity index (χ2n) is 11.9. The van der Waals surface area contributed by atoms with E-state index in [4.69, 9.17) is 0 Å². The van der Waals surface area contributed by atoms with Crippen LogP contribution in [0.25, 0.3) is 10.4 Å². The lowest BCUT2D eigenvalue weighted by Gasteiger charge is -2.36. The number of piperazine rings is 1. The summed E-state index contributed by atoms with van der Waals surface area (Å²) in [5.74, 6) is -0.893. The Morgan fingerprint density at radius 1 is 1.15 bits per heavy atom. The van der Waals surface area contributed by atoms with Crippen molar-refractivity contribution in [1.29, 1.82) is 0 Å². The van der Waals surface area contributed by atoms with E-state index in [1.807, 2.05) is 64.4 Å². The second-order valence-corrected chi connectivity index (χ2v) is 12.8. The van der Waals surface area contributed by atoms with Crippen LogP contribution in [0.3, 0.4) is 0 Å². The van der Waals surface area contributed by atoms with Gasteiger partial charge in [-0.15, -0.1) is 11.3 Å². The number of aromatic nitrogens is 1. The molecule has 1 aromatic carbocycles. The Hall–Kier alpha value is -2.86. The van der Waals surface area contributed by atoms with Gasteiger partial charge in [0.2, 0.25) is 17.7 Å². The maximum atomic E-state index is 13.8. The molecule has 2 fully saturated rings. The first-order valence-corrected chi connectivity index (χ1v) is 14.8. The van der Waals surface area contributed by atoms with Crippen molar-refractivity contribution >= 4 is 29.1 Å². The first-order valence-electron chi connectivity index (χ1n) is 14.0. The molecule has 2 aromatic rings. The number of β-amino-alcohol motifs (C(OH)–C–C–N with tert-alkyl or cyclic N) is 1. The molecule has 4 rings (SSSR count). The molecule has 1 aromatic heterocycles. The van der Waals surface area contributed by atoms with Crippen molar-refractivity contribution < 1.29 is 19.5 Å². The van der Waals surface area contributed by atoms with E-state index < -0.39 is 23.6 Å². The second kappa shape index (κ2) is 12.8. The molecule has 0 spiro atoms. The van der Waals surface area contributed by atoms with Gasteiger partial charge in [-0.2, -0.15) is 0 Å². The number of likely N-dealkylation sites (tertiary alicyclic amines) is 1. The van der Waals surface area contributed by atoms with E-state index in [1.54, 1.807) is 11.3 Å².